The number of nitrogens with one attached hydrogen (secondary N) is 1. The molecule has 1 rings (SSSR count). The molecule has 5 nitrogen and oxygen atoms in total. The van der Waals surface area contributed by atoms with Crippen LogP contribution in [0.4, 0.5) is 0 Å². The normalized spacial score (nSPS) is 32.9. The Bertz CT molecular complexity index is 245. The van der Waals surface area contributed by atoms with Gasteiger partial charge in [0.05, 0.1) is 7.11 Å². The van der Waals surface area contributed by atoms with Crippen molar-refractivity contribution in [3.63, 3.8) is 0 Å². The number of thioether (sulfide) groups is 1. The van der Waals surface area contributed by atoms with Crippen LogP contribution >= 0.6 is 11.8 Å². The Morgan fingerprint density at radius 1 is 1.69 bits per heavy atom. The van der Waals surface area contributed by atoms with Crippen molar-refractivity contribution in [2.75, 3.05) is 12.9 Å². The number of carbonyl (C=O) groups excluding carboxylic acids is 1. The number of rotatable bonds is 2. The van der Waals surface area contributed by atoms with E-state index in [0.29, 0.717) is 5.75 Å². The molecule has 74 valence electrons. The Balaban J connectivity index is 2.66. The zero-order chi connectivity index (χ0) is 10.1. The average molecular weight is 205 g/mol. The van der Waals surface area contributed by atoms with Crippen LogP contribution in [-0.4, -0.2) is 40.8 Å². The Morgan fingerprint density at radius 2 is 2.31 bits per heavy atom. The minimum absolute atomic E-state index is 0.376. The molecule has 1 heterocycles. The van der Waals surface area contributed by atoms with Crippen molar-refractivity contribution < 1.29 is 19.4 Å². The number of ether oxygens (including phenoxy) is 1. The van der Waals surface area contributed by atoms with Gasteiger partial charge in [-0.2, -0.15) is 0 Å². The van der Waals surface area contributed by atoms with E-state index in [1.165, 1.54) is 18.9 Å². The van der Waals surface area contributed by atoms with E-state index in [-0.39, 0.29) is 0 Å². The van der Waals surface area contributed by atoms with Crippen molar-refractivity contribution in [2.45, 2.75) is 17.8 Å². The van der Waals surface area contributed by atoms with Gasteiger partial charge in [-0.1, -0.05) is 0 Å². The molecule has 1 aliphatic rings. The van der Waals surface area contributed by atoms with Crippen molar-refractivity contribution >= 4 is 23.7 Å². The lowest BCUT2D eigenvalue weighted by Gasteiger charge is -2.20. The smallest absolute Gasteiger partial charge is 0.336 e. The van der Waals surface area contributed by atoms with Crippen LogP contribution in [0.1, 0.15) is 6.92 Å². The number of hydrogen-bond donors (Lipinski definition) is 2. The first-order chi connectivity index (χ1) is 5.99. The highest BCUT2D eigenvalue weighted by molar-refractivity contribution is 8.01. The molecule has 1 fully saturated rings. The molecule has 1 aliphatic heterocycles. The first-order valence-corrected chi connectivity index (χ1v) is 4.71. The van der Waals surface area contributed by atoms with E-state index in [9.17, 15) is 9.59 Å². The highest BCUT2D eigenvalue weighted by Crippen LogP contribution is 2.30. The zero-order valence-corrected chi connectivity index (χ0v) is 8.18. The van der Waals surface area contributed by atoms with E-state index in [1.807, 2.05) is 0 Å². The Labute approximate surface area is 79.8 Å². The summed E-state index contributed by atoms with van der Waals surface area (Å²) in [6.45, 7) is 1.62. The summed E-state index contributed by atoms with van der Waals surface area (Å²) in [4.78, 5) is 20.9. The molecule has 0 radical (unpaired) electrons. The second kappa shape index (κ2) is 3.55. The first-order valence-electron chi connectivity index (χ1n) is 3.72. The molecule has 0 aliphatic carbocycles. The number of carbonyl (C=O) groups is 2. The molecule has 0 aromatic heterocycles. The predicted octanol–water partition coefficient (Wildman–Crippen LogP) is -0.335. The fourth-order valence-corrected chi connectivity index (χ4v) is 2.26. The van der Waals surface area contributed by atoms with Crippen LogP contribution < -0.4 is 5.32 Å². The van der Waals surface area contributed by atoms with E-state index < -0.39 is 22.9 Å². The van der Waals surface area contributed by atoms with Crippen molar-refractivity contribution in [1.29, 1.82) is 0 Å². The summed E-state index contributed by atoms with van der Waals surface area (Å²) in [6, 6.07) is -0.672. The van der Waals surface area contributed by atoms with Crippen molar-refractivity contribution in [1.82, 2.24) is 5.32 Å². The fraction of sp³-hybridized carbons (Fsp3) is 0.714. The van der Waals surface area contributed by atoms with Crippen LogP contribution in [0.25, 0.3) is 0 Å². The van der Waals surface area contributed by atoms with E-state index in [4.69, 9.17) is 5.11 Å². The zero-order valence-electron chi connectivity index (χ0n) is 7.36. The Morgan fingerprint density at radius 3 is 2.69 bits per heavy atom. The molecular formula is C7H11NO4S. The maximum absolute atomic E-state index is 11.2. The average Bonchev–Trinajstić information content (AvgIpc) is 2.48. The molecule has 0 aromatic carbocycles. The summed E-state index contributed by atoms with van der Waals surface area (Å²) in [5, 5.41) is 11.4. The highest BCUT2D eigenvalue weighted by Gasteiger charge is 2.44. The molecule has 0 spiro atoms. The van der Waals surface area contributed by atoms with E-state index in [0.717, 1.165) is 0 Å². The number of hydrogen-bond acceptors (Lipinski definition) is 5. The van der Waals surface area contributed by atoms with Gasteiger partial charge in [-0.15, -0.1) is 11.8 Å². The van der Waals surface area contributed by atoms with Crippen LogP contribution in [0.3, 0.4) is 0 Å². The van der Waals surface area contributed by atoms with Gasteiger partial charge in [0.15, 0.2) is 4.87 Å². The van der Waals surface area contributed by atoms with Crippen molar-refractivity contribution in [2.24, 2.45) is 0 Å². The predicted molar refractivity (Wildman–Crippen MR) is 47.4 cm³/mol. The minimum atomic E-state index is -0.944. The number of esters is 1. The summed E-state index contributed by atoms with van der Waals surface area (Å²) >= 11 is 1.25. The molecule has 2 N–H and O–H groups in total. The number of aliphatic carboxylic acids is 1. The van der Waals surface area contributed by atoms with Gasteiger partial charge in [0.25, 0.3) is 0 Å². The van der Waals surface area contributed by atoms with Crippen LogP contribution in [0, 0.1) is 0 Å². The molecule has 0 aromatic rings. The third-order valence-electron chi connectivity index (χ3n) is 1.86. The maximum Gasteiger partial charge on any atom is 0.336 e. The molecule has 0 amide bonds. The van der Waals surface area contributed by atoms with Gasteiger partial charge in [0.2, 0.25) is 0 Å². The Kier molecular flexibility index (Phi) is 2.82. The third kappa shape index (κ3) is 1.94. The van der Waals surface area contributed by atoms with Gasteiger partial charge in [-0.3, -0.25) is 10.1 Å². The van der Waals surface area contributed by atoms with Crippen molar-refractivity contribution in [3.05, 3.63) is 0 Å². The fourth-order valence-electron chi connectivity index (χ4n) is 1.11. The maximum atomic E-state index is 11.2. The number of carboxylic acid groups (broad SMARTS) is 1. The topological polar surface area (TPSA) is 75.6 Å². The minimum Gasteiger partial charge on any atom is -0.480 e. The van der Waals surface area contributed by atoms with E-state index >= 15 is 0 Å². The summed E-state index contributed by atoms with van der Waals surface area (Å²) in [7, 11) is 1.28. The molecule has 0 saturated carbocycles. The monoisotopic (exact) mass is 205 g/mol. The van der Waals surface area contributed by atoms with Crippen LogP contribution in [0.5, 0.6) is 0 Å². The van der Waals surface area contributed by atoms with Gasteiger partial charge in [0.1, 0.15) is 6.04 Å². The molecule has 1 saturated heterocycles. The quantitative estimate of drug-likeness (QED) is 0.601. The third-order valence-corrected chi connectivity index (χ3v) is 3.22. The largest absolute Gasteiger partial charge is 0.480 e. The molecule has 2 atom stereocenters. The molecular weight excluding hydrogens is 194 g/mol. The molecule has 13 heavy (non-hydrogen) atoms. The van der Waals surface area contributed by atoms with Crippen LogP contribution in [-0.2, 0) is 14.3 Å². The number of carboxylic acids is 1. The first kappa shape index (κ1) is 10.3. The summed E-state index contributed by atoms with van der Waals surface area (Å²) in [5.41, 5.74) is 0. The lowest BCUT2D eigenvalue weighted by atomic mass is 10.2. The summed E-state index contributed by atoms with van der Waals surface area (Å²) in [5.74, 6) is -1.01. The second-order valence-electron chi connectivity index (χ2n) is 2.87. The summed E-state index contributed by atoms with van der Waals surface area (Å²) < 4.78 is 4.55. The second-order valence-corrected chi connectivity index (χ2v) is 4.31. The Hall–Kier alpha value is -0.750. The van der Waals surface area contributed by atoms with E-state index in [1.54, 1.807) is 6.92 Å². The molecule has 0 bridgehead atoms. The molecule has 6 heteroatoms. The van der Waals surface area contributed by atoms with Gasteiger partial charge < -0.3 is 9.84 Å². The lowest BCUT2D eigenvalue weighted by Crippen LogP contribution is -2.48. The van der Waals surface area contributed by atoms with Crippen molar-refractivity contribution in [3.8, 4) is 0 Å². The summed E-state index contributed by atoms with van der Waals surface area (Å²) in [6.07, 6.45) is 0. The van der Waals surface area contributed by atoms with Crippen LogP contribution in [0.2, 0.25) is 0 Å². The van der Waals surface area contributed by atoms with Gasteiger partial charge in [-0.25, -0.2) is 4.79 Å². The van der Waals surface area contributed by atoms with Crippen LogP contribution in [0.15, 0.2) is 0 Å². The van der Waals surface area contributed by atoms with Gasteiger partial charge >= 0.3 is 11.9 Å². The standard InChI is InChI=1S/C7H11NO4S/c1-7(6(11)12-2)8-4(3-13-7)5(9)10/h4,8H,3H2,1-2H3,(H,9,10)/t4-,7?/m0/s1. The molecule has 1 unspecified atom stereocenters. The highest BCUT2D eigenvalue weighted by atomic mass is 32.2. The van der Waals surface area contributed by atoms with E-state index in [2.05, 4.69) is 10.1 Å². The lowest BCUT2D eigenvalue weighted by molar-refractivity contribution is -0.145. The number of methoxy groups -OCH3 is 1. The SMILES string of the molecule is COC(=O)C1(C)N[C@H](C(=O)O)CS1. The van der Waals surface area contributed by atoms with Gasteiger partial charge in [-0.05, 0) is 6.92 Å². The van der Waals surface area contributed by atoms with Gasteiger partial charge in [0, 0.05) is 5.75 Å².